The number of hydrogen-bond donors (Lipinski definition) is 0. The van der Waals surface area contributed by atoms with Crippen LogP contribution in [-0.4, -0.2) is 50.6 Å². The lowest BCUT2D eigenvalue weighted by Gasteiger charge is -2.37. The minimum atomic E-state index is -3.65. The van der Waals surface area contributed by atoms with Gasteiger partial charge in [-0.25, -0.2) is 0 Å². The molecule has 0 bridgehead atoms. The van der Waals surface area contributed by atoms with Crippen LogP contribution in [0.1, 0.15) is 46.7 Å². The zero-order chi connectivity index (χ0) is 27.7. The molecule has 40 heavy (non-hydrogen) atoms. The fraction of sp³-hybridized carbons (Fsp3) is 0.355. The zero-order valence-electron chi connectivity index (χ0n) is 22.8. The van der Waals surface area contributed by atoms with Gasteiger partial charge >= 0.3 is 0 Å². The molecule has 9 heteroatoms. The predicted molar refractivity (Wildman–Crippen MR) is 153 cm³/mol. The second-order valence-electron chi connectivity index (χ2n) is 10.3. The minimum absolute atomic E-state index is 0.203. The molecule has 3 aliphatic heterocycles. The van der Waals surface area contributed by atoms with E-state index in [0.29, 0.717) is 49.9 Å². The van der Waals surface area contributed by atoms with Crippen LogP contribution in [0.5, 0.6) is 23.0 Å². The Morgan fingerprint density at radius 3 is 2.48 bits per heavy atom. The molecule has 3 aromatic carbocycles. The van der Waals surface area contributed by atoms with E-state index in [0.717, 1.165) is 46.4 Å². The van der Waals surface area contributed by atoms with E-state index < -0.39 is 16.3 Å². The van der Waals surface area contributed by atoms with Gasteiger partial charge in [0.2, 0.25) is 6.79 Å². The van der Waals surface area contributed by atoms with Crippen molar-refractivity contribution in [2.24, 2.45) is 0 Å². The van der Waals surface area contributed by atoms with Crippen molar-refractivity contribution in [2.75, 3.05) is 33.5 Å². The Balaban J connectivity index is 1.37. The first kappa shape index (κ1) is 26.7. The number of aryl methyl sites for hydroxylation is 1. The Morgan fingerprint density at radius 2 is 1.73 bits per heavy atom. The fourth-order valence-corrected chi connectivity index (χ4v) is 7.41. The summed E-state index contributed by atoms with van der Waals surface area (Å²) in [4.78, 5) is 0. The molecule has 0 N–H and O–H groups in total. The van der Waals surface area contributed by atoms with Crippen molar-refractivity contribution in [1.29, 1.82) is 0 Å². The van der Waals surface area contributed by atoms with Crippen molar-refractivity contribution in [3.05, 3.63) is 88.5 Å². The van der Waals surface area contributed by atoms with Crippen LogP contribution in [0.2, 0.25) is 0 Å². The van der Waals surface area contributed by atoms with Crippen molar-refractivity contribution in [3.8, 4) is 23.0 Å². The highest BCUT2D eigenvalue weighted by Crippen LogP contribution is 2.42. The lowest BCUT2D eigenvalue weighted by atomic mass is 9.92. The number of methoxy groups -OCH3 is 1. The summed E-state index contributed by atoms with van der Waals surface area (Å²) in [5.74, 6) is 2.64. The van der Waals surface area contributed by atoms with Gasteiger partial charge < -0.3 is 18.9 Å². The molecule has 0 aromatic heterocycles. The molecule has 3 heterocycles. The summed E-state index contributed by atoms with van der Waals surface area (Å²) >= 11 is 0. The maximum Gasteiger partial charge on any atom is 0.282 e. The van der Waals surface area contributed by atoms with Gasteiger partial charge in [0.25, 0.3) is 10.2 Å². The van der Waals surface area contributed by atoms with Gasteiger partial charge in [-0.1, -0.05) is 42.5 Å². The Kier molecular flexibility index (Phi) is 7.44. The number of benzene rings is 3. The summed E-state index contributed by atoms with van der Waals surface area (Å²) in [5, 5.41) is 0. The maximum atomic E-state index is 13.8. The highest BCUT2D eigenvalue weighted by Gasteiger charge is 2.39. The van der Waals surface area contributed by atoms with Crippen molar-refractivity contribution < 1.29 is 27.4 Å². The van der Waals surface area contributed by atoms with Crippen LogP contribution < -0.4 is 18.9 Å². The van der Waals surface area contributed by atoms with Crippen LogP contribution in [0.15, 0.2) is 60.7 Å². The topological polar surface area (TPSA) is 77.5 Å². The summed E-state index contributed by atoms with van der Waals surface area (Å²) in [6, 6.07) is 17.3. The average molecular weight is 563 g/mol. The van der Waals surface area contributed by atoms with Gasteiger partial charge in [-0.15, -0.1) is 0 Å². The highest BCUT2D eigenvalue weighted by atomic mass is 32.2. The molecule has 0 spiro atoms. The zero-order valence-corrected chi connectivity index (χ0v) is 23.7. The summed E-state index contributed by atoms with van der Waals surface area (Å²) < 4.78 is 53.9. The molecule has 6 rings (SSSR count). The number of rotatable bonds is 8. The number of fused-ring (bicyclic) bond motifs is 2. The van der Waals surface area contributed by atoms with Gasteiger partial charge in [0, 0.05) is 19.6 Å². The number of hydrogen-bond acceptors (Lipinski definition) is 6. The van der Waals surface area contributed by atoms with E-state index in [2.05, 4.69) is 0 Å². The predicted octanol–water partition coefficient (Wildman–Crippen LogP) is 5.26. The van der Waals surface area contributed by atoms with E-state index in [1.54, 1.807) is 15.7 Å². The van der Waals surface area contributed by atoms with Crippen LogP contribution in [0.4, 0.5) is 0 Å². The summed E-state index contributed by atoms with van der Waals surface area (Å²) in [6.45, 7) is 4.12. The lowest BCUT2D eigenvalue weighted by Crippen LogP contribution is -2.46. The normalized spacial score (nSPS) is 19.2. The molecule has 8 nitrogen and oxygen atoms in total. The molecule has 0 aliphatic carbocycles. The molecule has 0 saturated carbocycles. The summed E-state index contributed by atoms with van der Waals surface area (Å²) in [5.41, 5.74) is 4.98. The molecule has 1 fully saturated rings. The van der Waals surface area contributed by atoms with Crippen molar-refractivity contribution in [2.45, 2.75) is 38.8 Å². The first-order valence-corrected chi connectivity index (χ1v) is 15.1. The second-order valence-corrected chi connectivity index (χ2v) is 12.2. The fourth-order valence-electron chi connectivity index (χ4n) is 5.60. The van der Waals surface area contributed by atoms with Gasteiger partial charge in [-0.05, 0) is 78.3 Å². The SMILES string of the molecule is COc1cc2c(cc1OCc1ccccc1)CCN(S(=O)(=O)N1CCCC1)C2/C=C/c1cc2c(cc1C)OCO2. The van der Waals surface area contributed by atoms with E-state index in [1.807, 2.05) is 73.7 Å². The van der Waals surface area contributed by atoms with Crippen molar-refractivity contribution in [3.63, 3.8) is 0 Å². The van der Waals surface area contributed by atoms with Crippen molar-refractivity contribution >= 4 is 16.3 Å². The molecule has 1 unspecified atom stereocenters. The van der Waals surface area contributed by atoms with Gasteiger partial charge in [0.1, 0.15) is 6.61 Å². The Hall–Kier alpha value is -3.53. The Labute approximate surface area is 235 Å². The van der Waals surface area contributed by atoms with Gasteiger partial charge in [0.15, 0.2) is 23.0 Å². The molecular formula is C31H34N2O6S. The minimum Gasteiger partial charge on any atom is -0.493 e. The molecule has 3 aliphatic rings. The quantitative estimate of drug-likeness (QED) is 0.373. The monoisotopic (exact) mass is 562 g/mol. The molecule has 210 valence electrons. The van der Waals surface area contributed by atoms with E-state index in [9.17, 15) is 8.42 Å². The molecule has 1 saturated heterocycles. The second kappa shape index (κ2) is 11.2. The van der Waals surface area contributed by atoms with Crippen molar-refractivity contribution in [1.82, 2.24) is 8.61 Å². The first-order valence-electron chi connectivity index (χ1n) is 13.7. The molecule has 0 radical (unpaired) electrons. The van der Waals surface area contributed by atoms with Crippen LogP contribution in [0.3, 0.4) is 0 Å². The Morgan fingerprint density at radius 1 is 0.975 bits per heavy atom. The van der Waals surface area contributed by atoms with E-state index in [-0.39, 0.29) is 6.79 Å². The largest absolute Gasteiger partial charge is 0.493 e. The number of ether oxygens (including phenoxy) is 4. The molecule has 3 aromatic rings. The summed E-state index contributed by atoms with van der Waals surface area (Å²) in [7, 11) is -2.04. The lowest BCUT2D eigenvalue weighted by molar-refractivity contribution is 0.174. The number of nitrogens with zero attached hydrogens (tertiary/aromatic N) is 2. The third-order valence-electron chi connectivity index (χ3n) is 7.80. The van der Waals surface area contributed by atoms with E-state index >= 15 is 0 Å². The third kappa shape index (κ3) is 5.16. The summed E-state index contributed by atoms with van der Waals surface area (Å²) in [6.07, 6.45) is 6.31. The molecule has 0 amide bonds. The van der Waals surface area contributed by atoms with Crippen LogP contribution in [0, 0.1) is 6.92 Å². The van der Waals surface area contributed by atoms with Gasteiger partial charge in [-0.2, -0.15) is 17.0 Å². The van der Waals surface area contributed by atoms with E-state index in [4.69, 9.17) is 18.9 Å². The standard InChI is InChI=1S/C31H34N2O6S/c1-22-16-29-31(39-21-38-29)17-24(22)10-11-27-26-19-28(36-2)30(37-20-23-8-4-3-5-9-23)18-25(26)12-15-33(27)40(34,35)32-13-6-7-14-32/h3-5,8-11,16-19,27H,6-7,12-15,20-21H2,1-2H3/b11-10+. The van der Waals surface area contributed by atoms with E-state index in [1.165, 1.54) is 0 Å². The third-order valence-corrected chi connectivity index (χ3v) is 9.82. The first-order chi connectivity index (χ1) is 19.4. The van der Waals surface area contributed by atoms with Crippen LogP contribution in [0.25, 0.3) is 6.08 Å². The van der Waals surface area contributed by atoms with Crippen LogP contribution in [-0.2, 0) is 23.2 Å². The highest BCUT2D eigenvalue weighted by molar-refractivity contribution is 7.86. The van der Waals surface area contributed by atoms with Gasteiger partial charge in [0.05, 0.1) is 13.2 Å². The van der Waals surface area contributed by atoms with Crippen LogP contribution >= 0.6 is 0 Å². The average Bonchev–Trinajstić information content (AvgIpc) is 3.67. The van der Waals surface area contributed by atoms with Gasteiger partial charge in [-0.3, -0.25) is 0 Å². The molecule has 1 atom stereocenters. The maximum absolute atomic E-state index is 13.8. The smallest absolute Gasteiger partial charge is 0.282 e. The molecular weight excluding hydrogens is 528 g/mol. The Bertz CT molecular complexity index is 1520.